The van der Waals surface area contributed by atoms with E-state index >= 15 is 0 Å². The number of carboxylic acids is 1. The molecule has 3 nitrogen and oxygen atoms in total. The van der Waals surface area contributed by atoms with E-state index in [1.165, 1.54) is 12.1 Å². The Morgan fingerprint density at radius 2 is 2.06 bits per heavy atom. The summed E-state index contributed by atoms with van der Waals surface area (Å²) in [6, 6.07) is 5.64. The first-order valence-electron chi connectivity index (χ1n) is 4.99. The summed E-state index contributed by atoms with van der Waals surface area (Å²) in [6.07, 6.45) is 0. The third kappa shape index (κ3) is 2.54. The van der Waals surface area contributed by atoms with E-state index in [9.17, 15) is 9.18 Å². The van der Waals surface area contributed by atoms with Gasteiger partial charge in [0.1, 0.15) is 11.9 Å². The van der Waals surface area contributed by atoms with Crippen molar-refractivity contribution < 1.29 is 14.3 Å². The number of hydrogen-bond donors (Lipinski definition) is 2. The molecule has 0 amide bonds. The molecule has 2 atom stereocenters. The molecule has 0 spiro atoms. The molecular weight excluding hydrogens is 229 g/mol. The van der Waals surface area contributed by atoms with Crippen LogP contribution in [0.5, 0.6) is 0 Å². The third-order valence-electron chi connectivity index (χ3n) is 2.54. The Kier molecular flexibility index (Phi) is 3.46. The highest BCUT2D eigenvalue weighted by molar-refractivity contribution is 7.99. The minimum Gasteiger partial charge on any atom is -0.480 e. The first-order valence-corrected chi connectivity index (χ1v) is 6.14. The minimum atomic E-state index is -0.834. The Balaban J connectivity index is 2.09. The molecule has 1 saturated heterocycles. The molecule has 2 unspecified atom stereocenters. The fourth-order valence-electron chi connectivity index (χ4n) is 1.67. The zero-order valence-corrected chi connectivity index (χ0v) is 9.34. The fraction of sp³-hybridized carbons (Fsp3) is 0.364. The summed E-state index contributed by atoms with van der Waals surface area (Å²) in [7, 11) is 0. The van der Waals surface area contributed by atoms with E-state index in [0.717, 1.165) is 11.3 Å². The second kappa shape index (κ2) is 4.84. The number of thioether (sulfide) groups is 1. The molecule has 0 aliphatic carbocycles. The van der Waals surface area contributed by atoms with E-state index in [2.05, 4.69) is 5.32 Å². The van der Waals surface area contributed by atoms with Crippen LogP contribution < -0.4 is 5.32 Å². The second-order valence-electron chi connectivity index (χ2n) is 3.70. The predicted molar refractivity (Wildman–Crippen MR) is 61.0 cm³/mol. The quantitative estimate of drug-likeness (QED) is 0.826. The van der Waals surface area contributed by atoms with Crippen LogP contribution in [0.3, 0.4) is 0 Å². The molecule has 0 aromatic heterocycles. The largest absolute Gasteiger partial charge is 0.480 e. The molecule has 1 aromatic carbocycles. The molecule has 1 heterocycles. The maximum atomic E-state index is 12.7. The summed E-state index contributed by atoms with van der Waals surface area (Å²) >= 11 is 1.60. The average molecular weight is 241 g/mol. The standard InChI is InChI=1S/C11H12FNO2S/c12-8-3-1-7(2-4-8)9-5-16-6-10(13-9)11(14)15/h1-4,9-10,13H,5-6H2,(H,14,15). The zero-order chi connectivity index (χ0) is 11.5. The molecular formula is C11H12FNO2S. The zero-order valence-electron chi connectivity index (χ0n) is 8.52. The summed E-state index contributed by atoms with van der Waals surface area (Å²) in [5.74, 6) is 0.281. The van der Waals surface area contributed by atoms with Crippen molar-refractivity contribution in [3.8, 4) is 0 Å². The van der Waals surface area contributed by atoms with Gasteiger partial charge in [-0.05, 0) is 17.7 Å². The van der Waals surface area contributed by atoms with Crippen molar-refractivity contribution in [1.82, 2.24) is 5.32 Å². The Morgan fingerprint density at radius 1 is 1.38 bits per heavy atom. The van der Waals surface area contributed by atoms with Gasteiger partial charge < -0.3 is 5.11 Å². The van der Waals surface area contributed by atoms with Crippen molar-refractivity contribution in [3.63, 3.8) is 0 Å². The lowest BCUT2D eigenvalue weighted by Crippen LogP contribution is -2.45. The Morgan fingerprint density at radius 3 is 2.69 bits per heavy atom. The molecule has 5 heteroatoms. The highest BCUT2D eigenvalue weighted by atomic mass is 32.2. The number of halogens is 1. The summed E-state index contributed by atoms with van der Waals surface area (Å²) in [5, 5.41) is 12.0. The summed E-state index contributed by atoms with van der Waals surface area (Å²) in [4.78, 5) is 10.8. The monoisotopic (exact) mass is 241 g/mol. The topological polar surface area (TPSA) is 49.3 Å². The minimum absolute atomic E-state index is 0.0135. The lowest BCUT2D eigenvalue weighted by Gasteiger charge is -2.28. The number of aliphatic carboxylic acids is 1. The van der Waals surface area contributed by atoms with E-state index < -0.39 is 12.0 Å². The maximum absolute atomic E-state index is 12.7. The van der Waals surface area contributed by atoms with Crippen molar-refractivity contribution in [1.29, 1.82) is 0 Å². The molecule has 86 valence electrons. The van der Waals surface area contributed by atoms with Gasteiger partial charge in [0.15, 0.2) is 0 Å². The fourth-order valence-corrected chi connectivity index (χ4v) is 2.81. The van der Waals surface area contributed by atoms with Crippen LogP contribution in [0.1, 0.15) is 11.6 Å². The Hall–Kier alpha value is -1.07. The van der Waals surface area contributed by atoms with Gasteiger partial charge in [-0.25, -0.2) is 4.39 Å². The van der Waals surface area contributed by atoms with Crippen LogP contribution in [0.15, 0.2) is 24.3 Å². The summed E-state index contributed by atoms with van der Waals surface area (Å²) in [5.41, 5.74) is 0.930. The lowest BCUT2D eigenvalue weighted by atomic mass is 10.1. The highest BCUT2D eigenvalue weighted by Gasteiger charge is 2.27. The molecule has 1 aliphatic rings. The number of hydrogen-bond acceptors (Lipinski definition) is 3. The number of carboxylic acid groups (broad SMARTS) is 1. The van der Waals surface area contributed by atoms with Crippen LogP contribution in [0.2, 0.25) is 0 Å². The number of benzene rings is 1. The van der Waals surface area contributed by atoms with Gasteiger partial charge in [-0.1, -0.05) is 12.1 Å². The van der Waals surface area contributed by atoms with Crippen LogP contribution in [-0.2, 0) is 4.79 Å². The summed E-state index contributed by atoms with van der Waals surface area (Å²) < 4.78 is 12.7. The van der Waals surface area contributed by atoms with Crippen molar-refractivity contribution in [2.45, 2.75) is 12.1 Å². The second-order valence-corrected chi connectivity index (χ2v) is 4.77. The first-order chi connectivity index (χ1) is 7.66. The van der Waals surface area contributed by atoms with E-state index in [1.54, 1.807) is 23.9 Å². The van der Waals surface area contributed by atoms with Crippen LogP contribution in [0, 0.1) is 5.82 Å². The van der Waals surface area contributed by atoms with Gasteiger partial charge >= 0.3 is 5.97 Å². The van der Waals surface area contributed by atoms with Crippen LogP contribution in [-0.4, -0.2) is 28.6 Å². The molecule has 2 rings (SSSR count). The van der Waals surface area contributed by atoms with Gasteiger partial charge in [-0.2, -0.15) is 11.8 Å². The van der Waals surface area contributed by atoms with Crippen molar-refractivity contribution in [2.24, 2.45) is 0 Å². The van der Waals surface area contributed by atoms with Gasteiger partial charge in [0.05, 0.1) is 0 Å². The van der Waals surface area contributed by atoms with E-state index in [0.29, 0.717) is 5.75 Å². The Bertz CT molecular complexity index is 382. The predicted octanol–water partition coefficient (Wildman–Crippen LogP) is 1.66. The van der Waals surface area contributed by atoms with Crippen molar-refractivity contribution in [2.75, 3.05) is 11.5 Å². The molecule has 1 aliphatic heterocycles. The molecule has 0 bridgehead atoms. The average Bonchev–Trinajstić information content (AvgIpc) is 2.30. The van der Waals surface area contributed by atoms with Crippen LogP contribution in [0.4, 0.5) is 4.39 Å². The molecule has 0 saturated carbocycles. The highest BCUT2D eigenvalue weighted by Crippen LogP contribution is 2.24. The van der Waals surface area contributed by atoms with Crippen molar-refractivity contribution in [3.05, 3.63) is 35.6 Å². The normalized spacial score (nSPS) is 25.3. The molecule has 1 fully saturated rings. The molecule has 0 radical (unpaired) electrons. The third-order valence-corrected chi connectivity index (χ3v) is 3.68. The molecule has 1 aromatic rings. The lowest BCUT2D eigenvalue weighted by molar-refractivity contribution is -0.139. The van der Waals surface area contributed by atoms with Crippen LogP contribution >= 0.6 is 11.8 Å². The molecule has 2 N–H and O–H groups in total. The van der Waals surface area contributed by atoms with Crippen LogP contribution in [0.25, 0.3) is 0 Å². The number of carbonyl (C=O) groups is 1. The van der Waals surface area contributed by atoms with Gasteiger partial charge in [-0.3, -0.25) is 10.1 Å². The first kappa shape index (κ1) is 11.4. The van der Waals surface area contributed by atoms with Gasteiger partial charge in [0.2, 0.25) is 0 Å². The van der Waals surface area contributed by atoms with E-state index in [1.807, 2.05) is 0 Å². The van der Waals surface area contributed by atoms with E-state index in [-0.39, 0.29) is 11.9 Å². The smallest absolute Gasteiger partial charge is 0.321 e. The van der Waals surface area contributed by atoms with Gasteiger partial charge in [0, 0.05) is 17.5 Å². The Labute approximate surface area is 97.0 Å². The number of rotatable bonds is 2. The SMILES string of the molecule is O=C(O)C1CSCC(c2ccc(F)cc2)N1. The summed E-state index contributed by atoms with van der Waals surface area (Å²) in [6.45, 7) is 0. The van der Waals surface area contributed by atoms with Gasteiger partial charge in [0.25, 0.3) is 0 Å². The number of nitrogens with one attached hydrogen (secondary N) is 1. The van der Waals surface area contributed by atoms with E-state index in [4.69, 9.17) is 5.11 Å². The van der Waals surface area contributed by atoms with Gasteiger partial charge in [-0.15, -0.1) is 0 Å². The molecule has 16 heavy (non-hydrogen) atoms. The van der Waals surface area contributed by atoms with Crippen molar-refractivity contribution >= 4 is 17.7 Å². The maximum Gasteiger partial charge on any atom is 0.321 e.